The van der Waals surface area contributed by atoms with Gasteiger partial charge in [0.2, 0.25) is 0 Å². The SMILES string of the molecule is CC(C)(C)c1ccnc(-c2[c-]cc3c(c2)C(C)(C)CCC3(C)C)c1.[2H]C([2H])([2H])c1cnc(-c2[c-]ccc3c2oc2cc4c(ccc5ccccc54)cc23)cc1C([2H])([2H])C(C)(C)C.[Ir]. The Morgan fingerprint density at radius 3 is 2.22 bits per heavy atom. The van der Waals surface area contributed by atoms with E-state index in [0.29, 0.717) is 16.8 Å². The minimum atomic E-state index is -2.50. The van der Waals surface area contributed by atoms with E-state index >= 15 is 0 Å². The van der Waals surface area contributed by atoms with Crippen LogP contribution in [0.1, 0.15) is 117 Å². The summed E-state index contributed by atoms with van der Waals surface area (Å²) in [6, 6.07) is 37.6. The second kappa shape index (κ2) is 15.2. The third kappa shape index (κ3) is 8.03. The van der Waals surface area contributed by atoms with Crippen LogP contribution in [0.3, 0.4) is 0 Å². The van der Waals surface area contributed by atoms with E-state index in [9.17, 15) is 0 Å². The maximum atomic E-state index is 8.85. The molecule has 299 valence electrons. The molecule has 58 heavy (non-hydrogen) atoms. The number of rotatable bonds is 3. The van der Waals surface area contributed by atoms with Gasteiger partial charge in [0.05, 0.1) is 5.58 Å². The molecule has 0 amide bonds. The fourth-order valence-corrected chi connectivity index (χ4v) is 8.23. The van der Waals surface area contributed by atoms with E-state index in [-0.39, 0.29) is 47.5 Å². The van der Waals surface area contributed by atoms with E-state index in [0.717, 1.165) is 49.2 Å². The van der Waals surface area contributed by atoms with Gasteiger partial charge in [0.15, 0.2) is 0 Å². The maximum Gasteiger partial charge on any atom is 0.121 e. The zero-order valence-corrected chi connectivity index (χ0v) is 37.8. The van der Waals surface area contributed by atoms with Crippen LogP contribution in [0.25, 0.3) is 66.0 Å². The first-order chi connectivity index (χ1) is 28.9. The van der Waals surface area contributed by atoms with Crippen molar-refractivity contribution >= 4 is 43.5 Å². The molecule has 9 rings (SSSR count). The summed E-state index contributed by atoms with van der Waals surface area (Å²) in [4.78, 5) is 9.09. The zero-order valence-electron chi connectivity index (χ0n) is 40.4. The molecular weight excluding hydrogens is 885 g/mol. The number of benzene rings is 5. The van der Waals surface area contributed by atoms with Crippen LogP contribution in [0, 0.1) is 24.4 Å². The Morgan fingerprint density at radius 1 is 0.741 bits per heavy atom. The molecule has 0 atom stereocenters. The number of nitrogens with zero attached hydrogens (tertiary/aromatic N) is 2. The monoisotopic (exact) mass is 946 g/mol. The van der Waals surface area contributed by atoms with Crippen LogP contribution in [0.4, 0.5) is 0 Å². The van der Waals surface area contributed by atoms with Crippen molar-refractivity contribution in [2.24, 2.45) is 5.41 Å². The van der Waals surface area contributed by atoms with Crippen molar-refractivity contribution < 1.29 is 31.4 Å². The number of hydrogen-bond acceptors (Lipinski definition) is 3. The second-order valence-corrected chi connectivity index (χ2v) is 19.2. The average molecular weight is 946 g/mol. The molecule has 4 heteroatoms. The van der Waals surface area contributed by atoms with Gasteiger partial charge in [-0.25, -0.2) is 0 Å². The number of aromatic nitrogens is 2. The molecule has 0 saturated heterocycles. The van der Waals surface area contributed by atoms with E-state index < -0.39 is 18.6 Å². The van der Waals surface area contributed by atoms with Crippen molar-refractivity contribution in [1.29, 1.82) is 0 Å². The van der Waals surface area contributed by atoms with Crippen LogP contribution in [-0.4, -0.2) is 9.97 Å². The van der Waals surface area contributed by atoms with Gasteiger partial charge in [0, 0.05) is 44.7 Å². The van der Waals surface area contributed by atoms with Gasteiger partial charge >= 0.3 is 0 Å². The van der Waals surface area contributed by atoms with Crippen LogP contribution < -0.4 is 0 Å². The van der Waals surface area contributed by atoms with Gasteiger partial charge in [-0.15, -0.1) is 53.1 Å². The van der Waals surface area contributed by atoms with E-state index in [1.54, 1.807) is 32.9 Å². The smallest absolute Gasteiger partial charge is 0.121 e. The molecular formula is C54H56IrN2O-2. The summed E-state index contributed by atoms with van der Waals surface area (Å²) in [5.41, 5.74) is 8.44. The van der Waals surface area contributed by atoms with Crippen molar-refractivity contribution in [1.82, 2.24) is 9.97 Å². The number of aryl methyl sites for hydroxylation is 1. The fourth-order valence-electron chi connectivity index (χ4n) is 8.23. The molecule has 0 N–H and O–H groups in total. The summed E-state index contributed by atoms with van der Waals surface area (Å²) in [5.74, 6) is 0. The molecule has 1 radical (unpaired) electrons. The largest absolute Gasteiger partial charge is 0.501 e. The Hall–Kier alpha value is -4.63. The summed E-state index contributed by atoms with van der Waals surface area (Å²) < 4.78 is 48.1. The molecule has 1 aliphatic rings. The van der Waals surface area contributed by atoms with Gasteiger partial charge in [0.25, 0.3) is 0 Å². The molecule has 0 aliphatic heterocycles. The first kappa shape index (κ1) is 35.3. The maximum absolute atomic E-state index is 8.85. The first-order valence-corrected chi connectivity index (χ1v) is 20.1. The molecule has 0 fully saturated rings. The molecule has 5 aromatic carbocycles. The van der Waals surface area contributed by atoms with Crippen LogP contribution >= 0.6 is 0 Å². The van der Waals surface area contributed by atoms with E-state index in [1.807, 2.05) is 24.4 Å². The molecule has 3 nitrogen and oxygen atoms in total. The minimum absolute atomic E-state index is 0. The standard InChI is InChI=1S/C31H26NO.C23H30N.Ir/c1-19-18-32-28(15-22(19)17-31(2,3)4)25-11-7-10-24-27-14-21-13-12-20-8-5-6-9-23(20)26(21)16-29(27)33-30(24)25;1-21(2,3)17-10-13-24-20(15-17)16-8-9-18-19(14-16)23(6,7)12-11-22(18,4)5;/h5-10,12-16,18H,17H2,1-4H3;9-10,13-15H,11-12H2,1-7H3;/q2*-1;/i1D3,17D2;;. The van der Waals surface area contributed by atoms with Crippen molar-refractivity contribution in [3.05, 3.63) is 143 Å². The number of pyridine rings is 2. The van der Waals surface area contributed by atoms with Gasteiger partial charge in [-0.1, -0.05) is 141 Å². The van der Waals surface area contributed by atoms with Crippen molar-refractivity contribution in [2.75, 3.05) is 0 Å². The van der Waals surface area contributed by atoms with Crippen molar-refractivity contribution in [3.8, 4) is 22.5 Å². The average Bonchev–Trinajstić information content (AvgIpc) is 3.58. The minimum Gasteiger partial charge on any atom is -0.501 e. The number of fused-ring (bicyclic) bond motifs is 7. The quantitative estimate of drug-likeness (QED) is 0.131. The molecule has 8 aromatic rings. The molecule has 1 aliphatic carbocycles. The van der Waals surface area contributed by atoms with E-state index in [1.165, 1.54) is 35.7 Å². The van der Waals surface area contributed by atoms with Gasteiger partial charge in [-0.3, -0.25) is 0 Å². The third-order valence-electron chi connectivity index (χ3n) is 11.7. The van der Waals surface area contributed by atoms with E-state index in [4.69, 9.17) is 11.3 Å². The number of furan rings is 1. The summed E-state index contributed by atoms with van der Waals surface area (Å²) in [6.07, 6.45) is 3.74. The van der Waals surface area contributed by atoms with Gasteiger partial charge < -0.3 is 14.4 Å². The molecule has 0 bridgehead atoms. The predicted octanol–water partition coefficient (Wildman–Crippen LogP) is 14.8. The van der Waals surface area contributed by atoms with Crippen LogP contribution in [-0.2, 0) is 42.7 Å². The number of hydrogen-bond donors (Lipinski definition) is 0. The topological polar surface area (TPSA) is 38.9 Å². The molecule has 3 aromatic heterocycles. The zero-order chi connectivity index (χ0) is 44.8. The Morgan fingerprint density at radius 2 is 1.48 bits per heavy atom. The van der Waals surface area contributed by atoms with Crippen molar-refractivity contribution in [2.45, 2.75) is 112 Å². The van der Waals surface area contributed by atoms with Crippen LogP contribution in [0.5, 0.6) is 0 Å². The summed E-state index contributed by atoms with van der Waals surface area (Å²) in [7, 11) is 0. The summed E-state index contributed by atoms with van der Waals surface area (Å²) >= 11 is 0. The molecule has 0 spiro atoms. The van der Waals surface area contributed by atoms with E-state index in [2.05, 4.69) is 131 Å². The predicted molar refractivity (Wildman–Crippen MR) is 241 cm³/mol. The van der Waals surface area contributed by atoms with Crippen LogP contribution in [0.15, 0.2) is 108 Å². The summed E-state index contributed by atoms with van der Waals surface area (Å²) in [6.45, 7) is 19.0. The Kier molecular flexibility index (Phi) is 9.25. The molecule has 0 saturated carbocycles. The Bertz CT molecular complexity index is 3020. The normalized spacial score (nSPS) is 16.6. The Balaban J connectivity index is 0.000000206. The third-order valence-corrected chi connectivity index (χ3v) is 11.7. The first-order valence-electron chi connectivity index (χ1n) is 22.6. The second-order valence-electron chi connectivity index (χ2n) is 19.2. The molecule has 0 unspecified atom stereocenters. The van der Waals surface area contributed by atoms with Crippen molar-refractivity contribution in [3.63, 3.8) is 0 Å². The summed E-state index contributed by atoms with van der Waals surface area (Å²) in [5, 5.41) is 6.36. The molecule has 3 heterocycles. The van der Waals surface area contributed by atoms with Gasteiger partial charge in [0.1, 0.15) is 5.58 Å². The Labute approximate surface area is 366 Å². The fraction of sp³-hybridized carbons (Fsp3) is 0.333. The van der Waals surface area contributed by atoms with Gasteiger partial charge in [-0.2, -0.15) is 0 Å². The van der Waals surface area contributed by atoms with Crippen LogP contribution in [0.2, 0.25) is 0 Å². The van der Waals surface area contributed by atoms with Gasteiger partial charge in [-0.05, 0) is 104 Å².